The summed E-state index contributed by atoms with van der Waals surface area (Å²) >= 11 is 0. The zero-order valence-corrected chi connectivity index (χ0v) is 13.3. The molecular weight excluding hydrogens is 227 g/mol. The third-order valence-corrected chi connectivity index (χ3v) is 4.64. The minimum atomic E-state index is -0.239. The van der Waals surface area contributed by atoms with E-state index < -0.39 is 0 Å². The standard InChI is InChI=1S/C18H24B/c1-11-7-13(3)17(14(4)8-11)19-18-15(5)9-12(2)10-16(18)6/h7-10H,19H2,1-6H3/q-1. The van der Waals surface area contributed by atoms with Gasteiger partial charge in [0.2, 0.25) is 0 Å². The normalized spacial score (nSPS) is 10.8. The van der Waals surface area contributed by atoms with E-state index in [0.717, 1.165) is 0 Å². The SMILES string of the molecule is Cc1cc(C)c([BH2-]c2c(C)cc(C)cc2C)c(C)c1. The quantitative estimate of drug-likeness (QED) is 0.720. The van der Waals surface area contributed by atoms with Crippen LogP contribution in [0, 0.1) is 41.5 Å². The summed E-state index contributed by atoms with van der Waals surface area (Å²) in [4.78, 5) is 0. The van der Waals surface area contributed by atoms with E-state index in [-0.39, 0.29) is 7.28 Å². The molecule has 0 fully saturated rings. The zero-order valence-electron chi connectivity index (χ0n) is 13.3. The van der Waals surface area contributed by atoms with Crippen LogP contribution in [0.25, 0.3) is 0 Å². The fourth-order valence-electron chi connectivity index (χ4n) is 3.54. The molecule has 0 N–H and O–H groups in total. The summed E-state index contributed by atoms with van der Waals surface area (Å²) in [5, 5.41) is 0. The highest BCUT2D eigenvalue weighted by Gasteiger charge is 2.04. The Bertz CT molecular complexity index is 522. The maximum atomic E-state index is 2.32. The number of hydrogen-bond donors (Lipinski definition) is 0. The van der Waals surface area contributed by atoms with Crippen molar-refractivity contribution in [2.24, 2.45) is 0 Å². The summed E-state index contributed by atoms with van der Waals surface area (Å²) in [6, 6.07) is 9.30. The Kier molecular flexibility index (Phi) is 3.84. The molecule has 0 saturated heterocycles. The summed E-state index contributed by atoms with van der Waals surface area (Å²) < 4.78 is 0. The van der Waals surface area contributed by atoms with Gasteiger partial charge in [-0.3, -0.25) is 0 Å². The highest BCUT2D eigenvalue weighted by atomic mass is 14.0. The van der Waals surface area contributed by atoms with Gasteiger partial charge in [-0.05, 0) is 41.5 Å². The van der Waals surface area contributed by atoms with E-state index in [1.165, 1.54) is 33.4 Å². The van der Waals surface area contributed by atoms with Crippen molar-refractivity contribution in [1.82, 2.24) is 0 Å². The number of hydrogen-bond acceptors (Lipinski definition) is 0. The maximum absolute atomic E-state index is 2.32. The minimum Gasteiger partial charge on any atom is -0.206 e. The Hall–Kier alpha value is -1.50. The van der Waals surface area contributed by atoms with E-state index in [2.05, 4.69) is 65.8 Å². The second-order valence-electron chi connectivity index (χ2n) is 6.30. The molecule has 0 aliphatic rings. The first-order chi connectivity index (χ1) is 8.88. The van der Waals surface area contributed by atoms with E-state index in [0.29, 0.717) is 0 Å². The molecule has 0 unspecified atom stereocenters. The number of benzene rings is 2. The van der Waals surface area contributed by atoms with Gasteiger partial charge in [0, 0.05) is 7.28 Å². The fraction of sp³-hybridized carbons (Fsp3) is 0.333. The van der Waals surface area contributed by atoms with Crippen molar-refractivity contribution >= 4 is 18.2 Å². The number of rotatable bonds is 2. The van der Waals surface area contributed by atoms with E-state index in [9.17, 15) is 0 Å². The second-order valence-corrected chi connectivity index (χ2v) is 6.30. The monoisotopic (exact) mass is 251 g/mol. The molecule has 0 saturated carbocycles. The van der Waals surface area contributed by atoms with Gasteiger partial charge >= 0.3 is 0 Å². The average molecular weight is 251 g/mol. The minimum absolute atomic E-state index is 0.239. The Morgan fingerprint density at radius 1 is 0.526 bits per heavy atom. The third-order valence-electron chi connectivity index (χ3n) is 4.64. The average Bonchev–Trinajstić information content (AvgIpc) is 2.25. The molecule has 0 aliphatic heterocycles. The lowest BCUT2D eigenvalue weighted by Gasteiger charge is -2.22. The first-order valence-corrected chi connectivity index (χ1v) is 7.31. The highest BCUT2D eigenvalue weighted by Crippen LogP contribution is 2.08. The molecule has 0 radical (unpaired) electrons. The van der Waals surface area contributed by atoms with Gasteiger partial charge in [-0.15, -0.1) is 0 Å². The molecule has 0 nitrogen and oxygen atoms in total. The van der Waals surface area contributed by atoms with Gasteiger partial charge < -0.3 is 0 Å². The summed E-state index contributed by atoms with van der Waals surface area (Å²) in [5.74, 6) is 0. The number of aryl methyl sites for hydroxylation is 6. The first-order valence-electron chi connectivity index (χ1n) is 7.31. The van der Waals surface area contributed by atoms with Crippen LogP contribution in [-0.4, -0.2) is 7.28 Å². The van der Waals surface area contributed by atoms with Gasteiger partial charge in [0.25, 0.3) is 0 Å². The predicted octanol–water partition coefficient (Wildman–Crippen LogP) is 2.66. The van der Waals surface area contributed by atoms with Crippen molar-refractivity contribution in [3.05, 3.63) is 57.6 Å². The van der Waals surface area contributed by atoms with Crippen molar-refractivity contribution < 1.29 is 0 Å². The molecule has 0 aromatic heterocycles. The maximum Gasteiger partial charge on any atom is 0.0258 e. The van der Waals surface area contributed by atoms with Crippen molar-refractivity contribution in [3.63, 3.8) is 0 Å². The van der Waals surface area contributed by atoms with Gasteiger partial charge in [0.05, 0.1) is 0 Å². The van der Waals surface area contributed by atoms with Gasteiger partial charge in [-0.25, -0.2) is 10.9 Å². The molecule has 0 amide bonds. The molecule has 2 rings (SSSR count). The topological polar surface area (TPSA) is 0 Å². The predicted molar refractivity (Wildman–Crippen MR) is 89.1 cm³/mol. The Morgan fingerprint density at radius 2 is 0.789 bits per heavy atom. The molecular formula is C18H24B-. The van der Waals surface area contributed by atoms with Crippen LogP contribution >= 0.6 is 0 Å². The zero-order chi connectivity index (χ0) is 14.2. The molecule has 2 aromatic carbocycles. The van der Waals surface area contributed by atoms with E-state index in [1.807, 2.05) is 0 Å². The van der Waals surface area contributed by atoms with Crippen molar-refractivity contribution in [2.45, 2.75) is 41.5 Å². The lowest BCUT2D eigenvalue weighted by atomic mass is 9.58. The summed E-state index contributed by atoms with van der Waals surface area (Å²) in [6.45, 7) is 13.4. The molecule has 19 heavy (non-hydrogen) atoms. The second kappa shape index (κ2) is 5.24. The smallest absolute Gasteiger partial charge is 0.0258 e. The third kappa shape index (κ3) is 2.92. The van der Waals surface area contributed by atoms with Crippen LogP contribution in [0.1, 0.15) is 33.4 Å². The summed E-state index contributed by atoms with van der Waals surface area (Å²) in [7, 11) is -0.239. The lowest BCUT2D eigenvalue weighted by Crippen LogP contribution is -2.34. The van der Waals surface area contributed by atoms with Crippen LogP contribution in [0.5, 0.6) is 0 Å². The van der Waals surface area contributed by atoms with E-state index in [4.69, 9.17) is 0 Å². The summed E-state index contributed by atoms with van der Waals surface area (Å²) in [6.07, 6.45) is 0. The van der Waals surface area contributed by atoms with Crippen LogP contribution < -0.4 is 10.9 Å². The fourth-order valence-corrected chi connectivity index (χ4v) is 3.54. The largest absolute Gasteiger partial charge is 0.206 e. The molecule has 100 valence electrons. The van der Waals surface area contributed by atoms with Gasteiger partial charge in [-0.1, -0.05) is 57.6 Å². The van der Waals surface area contributed by atoms with Crippen LogP contribution in [0.4, 0.5) is 0 Å². The Balaban J connectivity index is 2.48. The van der Waals surface area contributed by atoms with Gasteiger partial charge in [0.1, 0.15) is 0 Å². The molecule has 0 atom stereocenters. The first kappa shape index (κ1) is 13.9. The van der Waals surface area contributed by atoms with Crippen LogP contribution in [0.15, 0.2) is 24.3 Å². The lowest BCUT2D eigenvalue weighted by molar-refractivity contribution is 1.34. The van der Waals surface area contributed by atoms with Crippen LogP contribution in [-0.2, 0) is 0 Å². The van der Waals surface area contributed by atoms with Gasteiger partial charge in [0.15, 0.2) is 0 Å². The molecule has 2 aromatic rings. The molecule has 0 heterocycles. The van der Waals surface area contributed by atoms with Crippen molar-refractivity contribution in [1.29, 1.82) is 0 Å². The Morgan fingerprint density at radius 3 is 1.05 bits per heavy atom. The van der Waals surface area contributed by atoms with E-state index in [1.54, 1.807) is 10.9 Å². The van der Waals surface area contributed by atoms with Crippen LogP contribution in [0.2, 0.25) is 0 Å². The molecule has 1 heteroatoms. The molecule has 0 aliphatic carbocycles. The van der Waals surface area contributed by atoms with E-state index >= 15 is 0 Å². The molecule has 0 bridgehead atoms. The summed E-state index contributed by atoms with van der Waals surface area (Å²) in [5.41, 5.74) is 11.9. The van der Waals surface area contributed by atoms with Crippen LogP contribution in [0.3, 0.4) is 0 Å². The van der Waals surface area contributed by atoms with Crippen molar-refractivity contribution in [2.75, 3.05) is 0 Å². The van der Waals surface area contributed by atoms with Crippen molar-refractivity contribution in [3.8, 4) is 0 Å². The highest BCUT2D eigenvalue weighted by molar-refractivity contribution is 6.69. The van der Waals surface area contributed by atoms with Gasteiger partial charge in [-0.2, -0.15) is 0 Å². The Labute approximate surface area is 118 Å². The molecule has 0 spiro atoms.